The molecule has 0 atom stereocenters. The van der Waals surface area contributed by atoms with Crippen LogP contribution in [0.3, 0.4) is 0 Å². The van der Waals surface area contributed by atoms with Crippen LogP contribution in [0.25, 0.3) is 76.9 Å². The van der Waals surface area contributed by atoms with Crippen LogP contribution < -0.4 is 0 Å². The van der Waals surface area contributed by atoms with Gasteiger partial charge in [0.1, 0.15) is 0 Å². The molecule has 0 saturated carbocycles. The summed E-state index contributed by atoms with van der Waals surface area (Å²) in [5, 5.41) is 7.66. The smallest absolute Gasteiger partial charge is 0.0627 e. The Kier molecular flexibility index (Phi) is 5.15. The molecule has 9 aromatic rings. The first-order chi connectivity index (χ1) is 21.3. The predicted molar refractivity (Wildman–Crippen MR) is 183 cm³/mol. The van der Waals surface area contributed by atoms with Gasteiger partial charge in [0, 0.05) is 43.7 Å². The molecular formula is C41H28N2. The van der Waals surface area contributed by atoms with Crippen LogP contribution in [0.15, 0.2) is 152 Å². The van der Waals surface area contributed by atoms with Gasteiger partial charge in [-0.15, -0.1) is 0 Å². The van der Waals surface area contributed by atoms with Crippen LogP contribution in [0, 0.1) is 6.92 Å². The van der Waals surface area contributed by atoms with Gasteiger partial charge >= 0.3 is 0 Å². The summed E-state index contributed by atoms with van der Waals surface area (Å²) in [5.41, 5.74) is 11.0. The minimum atomic E-state index is 1.17. The van der Waals surface area contributed by atoms with Gasteiger partial charge in [-0.2, -0.15) is 0 Å². The lowest BCUT2D eigenvalue weighted by Gasteiger charge is -2.14. The molecule has 43 heavy (non-hydrogen) atoms. The number of fused-ring (bicyclic) bond motifs is 10. The molecule has 9 rings (SSSR count). The van der Waals surface area contributed by atoms with Crippen molar-refractivity contribution in [2.75, 3.05) is 0 Å². The molecule has 0 bridgehead atoms. The van der Waals surface area contributed by atoms with Gasteiger partial charge in [0.15, 0.2) is 0 Å². The van der Waals surface area contributed by atoms with E-state index in [1.165, 1.54) is 82.4 Å². The summed E-state index contributed by atoms with van der Waals surface area (Å²) >= 11 is 0. The van der Waals surface area contributed by atoms with E-state index in [2.05, 4.69) is 168 Å². The van der Waals surface area contributed by atoms with Crippen molar-refractivity contribution in [1.82, 2.24) is 9.13 Å². The molecule has 0 saturated heterocycles. The first-order valence-corrected chi connectivity index (χ1v) is 14.9. The van der Waals surface area contributed by atoms with Crippen LogP contribution >= 0.6 is 0 Å². The zero-order chi connectivity index (χ0) is 28.5. The number of rotatable bonds is 3. The van der Waals surface area contributed by atoms with E-state index in [4.69, 9.17) is 0 Å². The van der Waals surface area contributed by atoms with Gasteiger partial charge in [-0.25, -0.2) is 0 Å². The molecule has 2 aromatic heterocycles. The number of aromatic nitrogens is 2. The number of hydrogen-bond acceptors (Lipinski definition) is 0. The van der Waals surface area contributed by atoms with Gasteiger partial charge in [-0.1, -0.05) is 121 Å². The van der Waals surface area contributed by atoms with Crippen molar-refractivity contribution >= 4 is 54.4 Å². The van der Waals surface area contributed by atoms with Crippen molar-refractivity contribution in [2.45, 2.75) is 6.92 Å². The SMILES string of the molecule is Cc1ccc(-n2c3ccccc3c3c4c5ccccc5n(-c5cccc(-c6ccccc6)c5)c4c4ccccc4c32)cc1. The van der Waals surface area contributed by atoms with E-state index in [1.54, 1.807) is 0 Å². The van der Waals surface area contributed by atoms with Crippen LogP contribution in [0.2, 0.25) is 0 Å². The van der Waals surface area contributed by atoms with Crippen LogP contribution in [0.5, 0.6) is 0 Å². The van der Waals surface area contributed by atoms with Crippen molar-refractivity contribution in [3.05, 3.63) is 157 Å². The van der Waals surface area contributed by atoms with Crippen molar-refractivity contribution < 1.29 is 0 Å². The largest absolute Gasteiger partial charge is 0.309 e. The molecule has 7 aromatic carbocycles. The van der Waals surface area contributed by atoms with Gasteiger partial charge in [-0.05, 0) is 54.4 Å². The quantitative estimate of drug-likeness (QED) is 0.208. The number of nitrogens with zero attached hydrogens (tertiary/aromatic N) is 2. The lowest BCUT2D eigenvalue weighted by Crippen LogP contribution is -1.97. The first-order valence-electron chi connectivity index (χ1n) is 14.9. The zero-order valence-corrected chi connectivity index (χ0v) is 23.8. The Hall–Kier alpha value is -5.60. The summed E-state index contributed by atoms with van der Waals surface area (Å²) in [6, 6.07) is 55.3. The van der Waals surface area contributed by atoms with Gasteiger partial charge < -0.3 is 9.13 Å². The highest BCUT2D eigenvalue weighted by atomic mass is 15.0. The molecule has 2 nitrogen and oxygen atoms in total. The number of hydrogen-bond donors (Lipinski definition) is 0. The molecule has 0 amide bonds. The molecule has 2 heterocycles. The van der Waals surface area contributed by atoms with E-state index in [0.29, 0.717) is 0 Å². The van der Waals surface area contributed by atoms with E-state index >= 15 is 0 Å². The molecule has 0 spiro atoms. The Morgan fingerprint density at radius 1 is 0.372 bits per heavy atom. The van der Waals surface area contributed by atoms with Crippen molar-refractivity contribution in [2.24, 2.45) is 0 Å². The fraction of sp³-hybridized carbons (Fsp3) is 0.0244. The van der Waals surface area contributed by atoms with E-state index in [0.717, 1.165) is 0 Å². The summed E-state index contributed by atoms with van der Waals surface area (Å²) in [7, 11) is 0. The number of aryl methyl sites for hydroxylation is 1. The second-order valence-electron chi connectivity index (χ2n) is 11.4. The maximum atomic E-state index is 2.48. The van der Waals surface area contributed by atoms with Crippen LogP contribution in [-0.2, 0) is 0 Å². The summed E-state index contributed by atoms with van der Waals surface area (Å²) in [4.78, 5) is 0. The fourth-order valence-corrected chi connectivity index (χ4v) is 7.08. The standard InChI is InChI=1S/C41H28N2/c1-27-22-24-30(25-23-27)42-36-20-9-7-18-34(36)38-39-35-19-8-10-21-37(35)43(41(39)33-17-6-5-16-32(33)40(38)42)31-15-11-14-29(26-31)28-12-3-2-4-13-28/h2-26H,1H3. The third-order valence-electron chi connectivity index (χ3n) is 8.94. The van der Waals surface area contributed by atoms with Gasteiger partial charge in [0.2, 0.25) is 0 Å². The average molecular weight is 549 g/mol. The molecule has 0 radical (unpaired) electrons. The van der Waals surface area contributed by atoms with Crippen LogP contribution in [0.1, 0.15) is 5.56 Å². The Morgan fingerprint density at radius 3 is 1.47 bits per heavy atom. The minimum absolute atomic E-state index is 1.17. The normalized spacial score (nSPS) is 11.8. The van der Waals surface area contributed by atoms with E-state index in [9.17, 15) is 0 Å². The van der Waals surface area contributed by atoms with E-state index < -0.39 is 0 Å². The Labute approximate surface area is 249 Å². The van der Waals surface area contributed by atoms with Crippen molar-refractivity contribution in [3.8, 4) is 22.5 Å². The highest BCUT2D eigenvalue weighted by Gasteiger charge is 2.24. The summed E-state index contributed by atoms with van der Waals surface area (Å²) in [5.74, 6) is 0. The highest BCUT2D eigenvalue weighted by molar-refractivity contribution is 6.37. The molecule has 0 fully saturated rings. The molecule has 202 valence electrons. The first kappa shape index (κ1) is 24.0. The summed E-state index contributed by atoms with van der Waals surface area (Å²) in [6.07, 6.45) is 0. The second-order valence-corrected chi connectivity index (χ2v) is 11.4. The number of benzene rings is 7. The average Bonchev–Trinajstić information content (AvgIpc) is 3.60. The summed E-state index contributed by atoms with van der Waals surface area (Å²) in [6.45, 7) is 2.15. The van der Waals surface area contributed by atoms with Gasteiger partial charge in [0.25, 0.3) is 0 Å². The zero-order valence-electron chi connectivity index (χ0n) is 23.8. The Bertz CT molecular complexity index is 2490. The van der Waals surface area contributed by atoms with Gasteiger partial charge in [0.05, 0.1) is 22.1 Å². The predicted octanol–water partition coefficient (Wildman–Crippen LogP) is 11.0. The number of para-hydroxylation sites is 2. The molecule has 0 aliphatic carbocycles. The Morgan fingerprint density at radius 2 is 0.860 bits per heavy atom. The highest BCUT2D eigenvalue weighted by Crippen LogP contribution is 2.46. The molecule has 0 aliphatic rings. The third kappa shape index (κ3) is 3.47. The molecular weight excluding hydrogens is 520 g/mol. The molecule has 0 aliphatic heterocycles. The van der Waals surface area contributed by atoms with Crippen molar-refractivity contribution in [3.63, 3.8) is 0 Å². The minimum Gasteiger partial charge on any atom is -0.309 e. The van der Waals surface area contributed by atoms with E-state index in [1.807, 2.05) is 0 Å². The van der Waals surface area contributed by atoms with Crippen molar-refractivity contribution in [1.29, 1.82) is 0 Å². The second kappa shape index (κ2) is 9.20. The molecule has 0 unspecified atom stereocenters. The lowest BCUT2D eigenvalue weighted by atomic mass is 9.99. The van der Waals surface area contributed by atoms with E-state index in [-0.39, 0.29) is 0 Å². The Balaban J connectivity index is 1.52. The van der Waals surface area contributed by atoms with Crippen LogP contribution in [-0.4, -0.2) is 9.13 Å². The molecule has 2 heteroatoms. The topological polar surface area (TPSA) is 9.86 Å². The lowest BCUT2D eigenvalue weighted by molar-refractivity contribution is 1.18. The van der Waals surface area contributed by atoms with Crippen LogP contribution in [0.4, 0.5) is 0 Å². The maximum Gasteiger partial charge on any atom is 0.0627 e. The monoisotopic (exact) mass is 548 g/mol. The summed E-state index contributed by atoms with van der Waals surface area (Å²) < 4.78 is 4.95. The maximum absolute atomic E-state index is 2.48. The van der Waals surface area contributed by atoms with Gasteiger partial charge in [-0.3, -0.25) is 0 Å². The fourth-order valence-electron chi connectivity index (χ4n) is 7.08. The third-order valence-corrected chi connectivity index (χ3v) is 8.94. The molecule has 0 N–H and O–H groups in total.